The lowest BCUT2D eigenvalue weighted by molar-refractivity contribution is 0.617. The summed E-state index contributed by atoms with van der Waals surface area (Å²) in [6.07, 6.45) is 3.10. The van der Waals surface area contributed by atoms with Gasteiger partial charge < -0.3 is 5.73 Å². The molecular formula is C13H11Cl3N2S. The molecule has 2 aromatic rings. The second-order valence-corrected chi connectivity index (χ2v) is 6.88. The molecule has 0 saturated heterocycles. The van der Waals surface area contributed by atoms with Crippen molar-refractivity contribution in [2.45, 2.75) is 25.2 Å². The summed E-state index contributed by atoms with van der Waals surface area (Å²) in [5.41, 5.74) is 7.93. The molecule has 1 aliphatic carbocycles. The van der Waals surface area contributed by atoms with Gasteiger partial charge in [-0.3, -0.25) is 0 Å². The third kappa shape index (κ3) is 2.45. The number of aryl methyl sites for hydroxylation is 1. The van der Waals surface area contributed by atoms with E-state index in [0.717, 1.165) is 30.5 Å². The Hall–Kier alpha value is -0.480. The fourth-order valence-corrected chi connectivity index (χ4v) is 4.26. The van der Waals surface area contributed by atoms with Crippen LogP contribution in [0.15, 0.2) is 12.1 Å². The molecule has 19 heavy (non-hydrogen) atoms. The summed E-state index contributed by atoms with van der Waals surface area (Å²) >= 11 is 20.0. The Morgan fingerprint density at radius 1 is 1.16 bits per heavy atom. The van der Waals surface area contributed by atoms with Crippen LogP contribution in [0.2, 0.25) is 15.1 Å². The largest absolute Gasteiger partial charge is 0.375 e. The van der Waals surface area contributed by atoms with Crippen LogP contribution in [0.3, 0.4) is 0 Å². The topological polar surface area (TPSA) is 38.9 Å². The maximum absolute atomic E-state index is 6.32. The van der Waals surface area contributed by atoms with Gasteiger partial charge in [0.15, 0.2) is 5.13 Å². The van der Waals surface area contributed by atoms with Crippen LogP contribution < -0.4 is 5.73 Å². The third-order valence-corrected chi connectivity index (χ3v) is 5.47. The first kappa shape index (κ1) is 13.5. The van der Waals surface area contributed by atoms with Crippen molar-refractivity contribution in [2.75, 3.05) is 5.73 Å². The predicted molar refractivity (Wildman–Crippen MR) is 82.8 cm³/mol. The van der Waals surface area contributed by atoms with Crippen LogP contribution >= 0.6 is 46.1 Å². The summed E-state index contributed by atoms with van der Waals surface area (Å²) in [5.74, 6) is 0.223. The van der Waals surface area contributed by atoms with Crippen molar-refractivity contribution in [1.29, 1.82) is 0 Å². The van der Waals surface area contributed by atoms with Crippen LogP contribution in [-0.4, -0.2) is 4.98 Å². The first-order valence-electron chi connectivity index (χ1n) is 5.95. The van der Waals surface area contributed by atoms with Crippen molar-refractivity contribution in [3.05, 3.63) is 43.3 Å². The summed E-state index contributed by atoms with van der Waals surface area (Å²) in [4.78, 5) is 5.60. The molecule has 0 aliphatic heterocycles. The molecule has 6 heteroatoms. The van der Waals surface area contributed by atoms with Crippen molar-refractivity contribution < 1.29 is 0 Å². The molecule has 1 heterocycles. The summed E-state index contributed by atoms with van der Waals surface area (Å²) in [7, 11) is 0. The fourth-order valence-electron chi connectivity index (χ4n) is 2.54. The van der Waals surface area contributed by atoms with Gasteiger partial charge in [0.25, 0.3) is 0 Å². The third-order valence-electron chi connectivity index (χ3n) is 3.38. The number of thiazole rings is 1. The van der Waals surface area contributed by atoms with Gasteiger partial charge >= 0.3 is 0 Å². The Morgan fingerprint density at radius 3 is 2.68 bits per heavy atom. The van der Waals surface area contributed by atoms with Gasteiger partial charge in [0.05, 0.1) is 15.7 Å². The SMILES string of the molecule is Nc1nc2c(s1)C(c1cc(Cl)c(Cl)cc1Cl)CCC2. The normalized spacial score (nSPS) is 18.4. The van der Waals surface area contributed by atoms with E-state index in [1.807, 2.05) is 6.07 Å². The highest BCUT2D eigenvalue weighted by Crippen LogP contribution is 2.44. The minimum absolute atomic E-state index is 0.223. The van der Waals surface area contributed by atoms with E-state index in [0.29, 0.717) is 20.2 Å². The molecule has 1 atom stereocenters. The summed E-state index contributed by atoms with van der Waals surface area (Å²) in [6.45, 7) is 0. The van der Waals surface area contributed by atoms with Crippen LogP contribution in [0.5, 0.6) is 0 Å². The Labute approximate surface area is 130 Å². The van der Waals surface area contributed by atoms with Crippen molar-refractivity contribution in [1.82, 2.24) is 4.98 Å². The maximum atomic E-state index is 6.32. The Morgan fingerprint density at radius 2 is 1.89 bits per heavy atom. The molecule has 0 saturated carbocycles. The van der Waals surface area contributed by atoms with Gasteiger partial charge in [0, 0.05) is 15.8 Å². The quantitative estimate of drug-likeness (QED) is 0.733. The van der Waals surface area contributed by atoms with Gasteiger partial charge in [-0.1, -0.05) is 34.8 Å². The summed E-state index contributed by atoms with van der Waals surface area (Å²) in [6, 6.07) is 3.57. The van der Waals surface area contributed by atoms with E-state index in [9.17, 15) is 0 Å². The average molecular weight is 334 g/mol. The number of aromatic nitrogens is 1. The van der Waals surface area contributed by atoms with Crippen molar-refractivity contribution >= 4 is 51.3 Å². The van der Waals surface area contributed by atoms with Crippen LogP contribution in [0.25, 0.3) is 0 Å². The van der Waals surface area contributed by atoms with E-state index in [2.05, 4.69) is 4.98 Å². The van der Waals surface area contributed by atoms with E-state index in [4.69, 9.17) is 40.5 Å². The lowest BCUT2D eigenvalue weighted by Gasteiger charge is -2.23. The molecule has 2 nitrogen and oxygen atoms in total. The van der Waals surface area contributed by atoms with E-state index in [-0.39, 0.29) is 5.92 Å². The second-order valence-electron chi connectivity index (χ2n) is 4.60. The number of nitrogens with zero attached hydrogens (tertiary/aromatic N) is 1. The molecule has 0 bridgehead atoms. The van der Waals surface area contributed by atoms with E-state index in [1.165, 1.54) is 4.88 Å². The monoisotopic (exact) mass is 332 g/mol. The lowest BCUT2D eigenvalue weighted by atomic mass is 9.86. The highest BCUT2D eigenvalue weighted by atomic mass is 35.5. The van der Waals surface area contributed by atoms with Crippen LogP contribution in [0.1, 0.15) is 34.9 Å². The molecule has 0 radical (unpaired) electrons. The van der Waals surface area contributed by atoms with Crippen molar-refractivity contribution in [2.24, 2.45) is 0 Å². The number of nitrogens with two attached hydrogens (primary N) is 1. The zero-order valence-electron chi connectivity index (χ0n) is 9.92. The van der Waals surface area contributed by atoms with Crippen LogP contribution in [0.4, 0.5) is 5.13 Å². The second kappa shape index (κ2) is 5.13. The molecule has 0 amide bonds. The highest BCUT2D eigenvalue weighted by molar-refractivity contribution is 7.15. The van der Waals surface area contributed by atoms with Gasteiger partial charge in [-0.25, -0.2) is 4.98 Å². The van der Waals surface area contributed by atoms with Gasteiger partial charge in [0.2, 0.25) is 0 Å². The molecule has 1 aliphatic rings. The lowest BCUT2D eigenvalue weighted by Crippen LogP contribution is -2.09. The molecule has 0 fully saturated rings. The predicted octanol–water partition coefficient (Wildman–Crippen LogP) is 5.15. The molecular weight excluding hydrogens is 323 g/mol. The first-order valence-corrected chi connectivity index (χ1v) is 7.91. The van der Waals surface area contributed by atoms with Gasteiger partial charge in [-0.05, 0) is 37.0 Å². The number of anilines is 1. The molecule has 100 valence electrons. The fraction of sp³-hybridized carbons (Fsp3) is 0.308. The number of halogens is 3. The van der Waals surface area contributed by atoms with Gasteiger partial charge in [-0.15, -0.1) is 11.3 Å². The average Bonchev–Trinajstić information content (AvgIpc) is 2.74. The molecule has 1 aromatic heterocycles. The van der Waals surface area contributed by atoms with Gasteiger partial charge in [-0.2, -0.15) is 0 Å². The van der Waals surface area contributed by atoms with Crippen LogP contribution in [0, 0.1) is 0 Å². The number of nitrogen functional groups attached to an aromatic ring is 1. The molecule has 2 N–H and O–H groups in total. The molecule has 1 aromatic carbocycles. The smallest absolute Gasteiger partial charge is 0.180 e. The zero-order valence-corrected chi connectivity index (χ0v) is 13.0. The number of hydrogen-bond acceptors (Lipinski definition) is 3. The molecule has 1 unspecified atom stereocenters. The minimum Gasteiger partial charge on any atom is -0.375 e. The first-order chi connectivity index (χ1) is 9.06. The van der Waals surface area contributed by atoms with Crippen LogP contribution in [-0.2, 0) is 6.42 Å². The standard InChI is InChI=1S/C13H11Cl3N2S/c14-8-5-10(16)9(15)4-7(8)6-2-1-3-11-12(6)19-13(17)18-11/h4-6H,1-3H2,(H2,17,18). The molecule has 0 spiro atoms. The van der Waals surface area contributed by atoms with Crippen molar-refractivity contribution in [3.63, 3.8) is 0 Å². The Kier molecular flexibility index (Phi) is 3.65. The number of hydrogen-bond donors (Lipinski definition) is 1. The van der Waals surface area contributed by atoms with E-state index in [1.54, 1.807) is 17.4 Å². The Bertz CT molecular complexity index is 639. The highest BCUT2D eigenvalue weighted by Gasteiger charge is 2.27. The van der Waals surface area contributed by atoms with Crippen molar-refractivity contribution in [3.8, 4) is 0 Å². The minimum atomic E-state index is 0.223. The summed E-state index contributed by atoms with van der Waals surface area (Å²) in [5, 5.41) is 2.29. The zero-order chi connectivity index (χ0) is 13.6. The number of benzene rings is 1. The van der Waals surface area contributed by atoms with E-state index < -0.39 is 0 Å². The number of fused-ring (bicyclic) bond motifs is 1. The number of rotatable bonds is 1. The van der Waals surface area contributed by atoms with E-state index >= 15 is 0 Å². The Balaban J connectivity index is 2.11. The molecule has 3 rings (SSSR count). The maximum Gasteiger partial charge on any atom is 0.180 e. The van der Waals surface area contributed by atoms with Gasteiger partial charge in [0.1, 0.15) is 0 Å². The summed E-state index contributed by atoms with van der Waals surface area (Å²) < 4.78 is 0.